The number of likely N-dealkylation sites (N-methyl/N-ethyl adjacent to an activating group) is 1. The second-order valence-corrected chi connectivity index (χ2v) is 7.13. The summed E-state index contributed by atoms with van der Waals surface area (Å²) in [5.74, 6) is 1.36. The first-order valence-electron chi connectivity index (χ1n) is 9.48. The predicted molar refractivity (Wildman–Crippen MR) is 123 cm³/mol. The zero-order valence-electron chi connectivity index (χ0n) is 16.9. The van der Waals surface area contributed by atoms with Gasteiger partial charge in [0.15, 0.2) is 5.96 Å². The average molecular weight is 487 g/mol. The molecule has 1 aliphatic heterocycles. The molecule has 1 atom stereocenters. The minimum absolute atomic E-state index is 0. The minimum atomic E-state index is 0. The van der Waals surface area contributed by atoms with Crippen LogP contribution in [0.4, 0.5) is 0 Å². The van der Waals surface area contributed by atoms with Crippen LogP contribution >= 0.6 is 24.0 Å². The van der Waals surface area contributed by atoms with Gasteiger partial charge in [0.05, 0.1) is 6.54 Å². The van der Waals surface area contributed by atoms with E-state index >= 15 is 0 Å². The highest BCUT2D eigenvalue weighted by Gasteiger charge is 2.21. The van der Waals surface area contributed by atoms with Crippen molar-refractivity contribution in [1.82, 2.24) is 20.9 Å². The van der Waals surface area contributed by atoms with Crippen LogP contribution in [0.1, 0.15) is 36.8 Å². The molecule has 0 aromatic heterocycles. The standard InChI is InChI=1S/C20H33N5O.HI/c1-15-5-7-17(8-6-15)16(2)13-23-20(22-4)24-18-9-11-25(12-10-18)14-19(26)21-3;/h5-8,16,18H,9-14H2,1-4H3,(H,21,26)(H2,22,23,24);1H. The molecule has 2 rings (SSSR count). The monoisotopic (exact) mass is 487 g/mol. The number of aliphatic imine (C=N–C) groups is 1. The third-order valence-corrected chi connectivity index (χ3v) is 5.02. The van der Waals surface area contributed by atoms with Crippen LogP contribution in [0.15, 0.2) is 29.3 Å². The lowest BCUT2D eigenvalue weighted by atomic mass is 10.00. The van der Waals surface area contributed by atoms with Gasteiger partial charge in [0.25, 0.3) is 0 Å². The number of rotatable bonds is 6. The highest BCUT2D eigenvalue weighted by molar-refractivity contribution is 14.0. The van der Waals surface area contributed by atoms with Crippen LogP contribution < -0.4 is 16.0 Å². The molecule has 1 amide bonds. The molecule has 0 radical (unpaired) electrons. The number of guanidine groups is 1. The number of likely N-dealkylation sites (tertiary alicyclic amines) is 1. The SMILES string of the molecule is CN=C(NCC(C)c1ccc(C)cc1)NC1CCN(CC(=O)NC)CC1.I. The summed E-state index contributed by atoms with van der Waals surface area (Å²) in [4.78, 5) is 18.0. The van der Waals surface area contributed by atoms with E-state index in [0.717, 1.165) is 38.4 Å². The zero-order valence-corrected chi connectivity index (χ0v) is 19.2. The van der Waals surface area contributed by atoms with Crippen LogP contribution in [-0.4, -0.2) is 63.1 Å². The summed E-state index contributed by atoms with van der Waals surface area (Å²) in [6.45, 7) is 7.53. The topological polar surface area (TPSA) is 68.8 Å². The number of nitrogens with zero attached hydrogens (tertiary/aromatic N) is 2. The van der Waals surface area contributed by atoms with Crippen LogP contribution in [0.2, 0.25) is 0 Å². The number of hydrogen-bond acceptors (Lipinski definition) is 3. The number of piperidine rings is 1. The summed E-state index contributed by atoms with van der Waals surface area (Å²) < 4.78 is 0. The molecule has 0 bridgehead atoms. The first kappa shape index (κ1) is 23.7. The Hall–Kier alpha value is -1.35. The number of aryl methyl sites for hydroxylation is 1. The molecule has 1 unspecified atom stereocenters. The lowest BCUT2D eigenvalue weighted by Gasteiger charge is -2.32. The fourth-order valence-electron chi connectivity index (χ4n) is 3.17. The molecule has 1 aromatic rings. The third-order valence-electron chi connectivity index (χ3n) is 5.02. The lowest BCUT2D eigenvalue weighted by molar-refractivity contribution is -0.122. The molecule has 1 aliphatic rings. The first-order valence-corrected chi connectivity index (χ1v) is 9.48. The summed E-state index contributed by atoms with van der Waals surface area (Å²) in [5.41, 5.74) is 2.62. The van der Waals surface area contributed by atoms with Crippen molar-refractivity contribution in [2.45, 2.75) is 38.6 Å². The normalized spacial score (nSPS) is 17.0. The summed E-state index contributed by atoms with van der Waals surface area (Å²) in [7, 11) is 3.50. The summed E-state index contributed by atoms with van der Waals surface area (Å²) in [6.07, 6.45) is 2.04. The highest BCUT2D eigenvalue weighted by Crippen LogP contribution is 2.15. The Labute approximate surface area is 180 Å². The second-order valence-electron chi connectivity index (χ2n) is 7.13. The number of halogens is 1. The molecule has 1 heterocycles. The van der Waals surface area contributed by atoms with E-state index in [0.29, 0.717) is 18.5 Å². The minimum Gasteiger partial charge on any atom is -0.358 e. The Morgan fingerprint density at radius 1 is 1.26 bits per heavy atom. The van der Waals surface area contributed by atoms with Crippen molar-refractivity contribution in [3.05, 3.63) is 35.4 Å². The summed E-state index contributed by atoms with van der Waals surface area (Å²) in [6, 6.07) is 9.11. The lowest BCUT2D eigenvalue weighted by Crippen LogP contribution is -2.50. The third kappa shape index (κ3) is 8.04. The molecule has 1 saturated heterocycles. The van der Waals surface area contributed by atoms with E-state index in [1.807, 2.05) is 7.05 Å². The van der Waals surface area contributed by atoms with E-state index < -0.39 is 0 Å². The largest absolute Gasteiger partial charge is 0.358 e. The summed E-state index contributed by atoms with van der Waals surface area (Å²) >= 11 is 0. The Bertz CT molecular complexity index is 597. The molecule has 1 fully saturated rings. The first-order chi connectivity index (χ1) is 12.5. The van der Waals surface area contributed by atoms with Crippen molar-refractivity contribution in [3.8, 4) is 0 Å². The number of benzene rings is 1. The zero-order chi connectivity index (χ0) is 18.9. The number of carbonyl (C=O) groups excluding carboxylic acids is 1. The molecule has 0 saturated carbocycles. The van der Waals surface area contributed by atoms with Crippen LogP contribution in [0.3, 0.4) is 0 Å². The molecule has 3 N–H and O–H groups in total. The van der Waals surface area contributed by atoms with Crippen LogP contribution in [0, 0.1) is 6.92 Å². The number of hydrogen-bond donors (Lipinski definition) is 3. The highest BCUT2D eigenvalue weighted by atomic mass is 127. The number of amides is 1. The van der Waals surface area contributed by atoms with Crippen molar-refractivity contribution in [3.63, 3.8) is 0 Å². The number of nitrogens with one attached hydrogen (secondary N) is 3. The Morgan fingerprint density at radius 2 is 1.89 bits per heavy atom. The van der Waals surface area contributed by atoms with Gasteiger partial charge in [0, 0.05) is 39.8 Å². The van der Waals surface area contributed by atoms with Gasteiger partial charge in [-0.05, 0) is 31.2 Å². The molecular formula is C20H34IN5O. The van der Waals surface area contributed by atoms with E-state index in [2.05, 4.69) is 64.0 Å². The summed E-state index contributed by atoms with van der Waals surface area (Å²) in [5, 5.41) is 9.65. The van der Waals surface area contributed by atoms with Gasteiger partial charge in [-0.1, -0.05) is 36.8 Å². The van der Waals surface area contributed by atoms with Crippen molar-refractivity contribution in [2.75, 3.05) is 40.3 Å². The van der Waals surface area contributed by atoms with Gasteiger partial charge in [0.1, 0.15) is 0 Å². The van der Waals surface area contributed by atoms with E-state index in [1.165, 1.54) is 11.1 Å². The second kappa shape index (κ2) is 12.2. The van der Waals surface area contributed by atoms with Gasteiger partial charge < -0.3 is 16.0 Å². The molecule has 1 aromatic carbocycles. The fourth-order valence-corrected chi connectivity index (χ4v) is 3.17. The van der Waals surface area contributed by atoms with Gasteiger partial charge in [0.2, 0.25) is 5.91 Å². The van der Waals surface area contributed by atoms with E-state index in [-0.39, 0.29) is 29.9 Å². The van der Waals surface area contributed by atoms with Gasteiger partial charge >= 0.3 is 0 Å². The molecule has 6 nitrogen and oxygen atoms in total. The van der Waals surface area contributed by atoms with E-state index in [4.69, 9.17) is 0 Å². The molecule has 27 heavy (non-hydrogen) atoms. The molecule has 7 heteroatoms. The van der Waals surface area contributed by atoms with Gasteiger partial charge in [-0.25, -0.2) is 0 Å². The van der Waals surface area contributed by atoms with Crippen molar-refractivity contribution in [1.29, 1.82) is 0 Å². The van der Waals surface area contributed by atoms with Crippen molar-refractivity contribution < 1.29 is 4.79 Å². The Kier molecular flexibility index (Phi) is 10.7. The number of carbonyl (C=O) groups is 1. The molecule has 0 aliphatic carbocycles. The van der Waals surface area contributed by atoms with Crippen LogP contribution in [-0.2, 0) is 4.79 Å². The van der Waals surface area contributed by atoms with Crippen molar-refractivity contribution in [2.24, 2.45) is 4.99 Å². The van der Waals surface area contributed by atoms with Gasteiger partial charge in [-0.15, -0.1) is 24.0 Å². The molecule has 152 valence electrons. The van der Waals surface area contributed by atoms with Crippen LogP contribution in [0.5, 0.6) is 0 Å². The van der Waals surface area contributed by atoms with E-state index in [9.17, 15) is 4.79 Å². The maximum absolute atomic E-state index is 11.5. The maximum atomic E-state index is 11.5. The molecule has 0 spiro atoms. The smallest absolute Gasteiger partial charge is 0.233 e. The maximum Gasteiger partial charge on any atom is 0.233 e. The quantitative estimate of drug-likeness (QED) is 0.327. The average Bonchev–Trinajstić information content (AvgIpc) is 2.66. The Morgan fingerprint density at radius 3 is 2.44 bits per heavy atom. The molecular weight excluding hydrogens is 453 g/mol. The van der Waals surface area contributed by atoms with Crippen LogP contribution in [0.25, 0.3) is 0 Å². The Balaban J connectivity index is 0.00000364. The van der Waals surface area contributed by atoms with Gasteiger partial charge in [-0.3, -0.25) is 14.7 Å². The van der Waals surface area contributed by atoms with E-state index in [1.54, 1.807) is 7.05 Å². The van der Waals surface area contributed by atoms with Gasteiger partial charge in [-0.2, -0.15) is 0 Å². The fraction of sp³-hybridized carbons (Fsp3) is 0.600. The predicted octanol–water partition coefficient (Wildman–Crippen LogP) is 2.09. The van der Waals surface area contributed by atoms with Crippen molar-refractivity contribution >= 4 is 35.8 Å².